The van der Waals surface area contributed by atoms with Crippen LogP contribution in [-0.2, 0) is 19.6 Å². The second-order valence-corrected chi connectivity index (χ2v) is 4.97. The maximum Gasteiger partial charge on any atom is 0.262 e. The van der Waals surface area contributed by atoms with Gasteiger partial charge in [-0.25, -0.2) is 8.42 Å². The van der Waals surface area contributed by atoms with E-state index in [9.17, 15) is 8.42 Å². The van der Waals surface area contributed by atoms with Crippen LogP contribution in [0.25, 0.3) is 0 Å². The van der Waals surface area contributed by atoms with Crippen molar-refractivity contribution < 1.29 is 18.0 Å². The molecule has 0 bridgehead atoms. The van der Waals surface area contributed by atoms with Crippen LogP contribution in [0.1, 0.15) is 0 Å². The molecule has 1 aromatic carbocycles. The summed E-state index contributed by atoms with van der Waals surface area (Å²) in [6, 6.07) is 5.90. The highest BCUT2D eigenvalue weighted by molar-refractivity contribution is 7.89. The Labute approximate surface area is 99.3 Å². The highest BCUT2D eigenvalue weighted by Gasteiger charge is 2.13. The number of hydrogen-bond acceptors (Lipinski definition) is 4. The first-order valence-corrected chi connectivity index (χ1v) is 6.30. The van der Waals surface area contributed by atoms with Crippen LogP contribution in [0.2, 0.25) is 5.02 Å². The van der Waals surface area contributed by atoms with Crippen molar-refractivity contribution in [3.05, 3.63) is 29.3 Å². The van der Waals surface area contributed by atoms with Crippen molar-refractivity contribution in [3.63, 3.8) is 0 Å². The standard InChI is InChI=1S/C9H12ClNO4S/c1-14-5-6-15-11-16(12,13)9-4-2-3-8(10)7-9/h2-4,7,11H,5-6H2,1H3. The molecule has 0 aliphatic rings. The number of halogens is 1. The molecule has 5 nitrogen and oxygen atoms in total. The molecular weight excluding hydrogens is 254 g/mol. The fraction of sp³-hybridized carbons (Fsp3) is 0.333. The highest BCUT2D eigenvalue weighted by atomic mass is 35.5. The van der Waals surface area contributed by atoms with Crippen LogP contribution in [0.5, 0.6) is 0 Å². The van der Waals surface area contributed by atoms with Gasteiger partial charge in [0.2, 0.25) is 0 Å². The number of benzene rings is 1. The molecule has 1 N–H and O–H groups in total. The monoisotopic (exact) mass is 265 g/mol. The summed E-state index contributed by atoms with van der Waals surface area (Å²) in [5.41, 5.74) is 0. The first-order chi connectivity index (χ1) is 7.56. The molecule has 1 aromatic rings. The lowest BCUT2D eigenvalue weighted by atomic mass is 10.4. The van der Waals surface area contributed by atoms with E-state index in [1.165, 1.54) is 19.2 Å². The fourth-order valence-electron chi connectivity index (χ4n) is 0.927. The first kappa shape index (κ1) is 13.4. The third kappa shape index (κ3) is 4.07. The largest absolute Gasteiger partial charge is 0.382 e. The van der Waals surface area contributed by atoms with Crippen molar-refractivity contribution in [3.8, 4) is 0 Å². The van der Waals surface area contributed by atoms with Crippen molar-refractivity contribution in [2.45, 2.75) is 4.90 Å². The third-order valence-electron chi connectivity index (χ3n) is 1.66. The van der Waals surface area contributed by atoms with E-state index in [0.29, 0.717) is 11.6 Å². The van der Waals surface area contributed by atoms with Gasteiger partial charge in [-0.2, -0.15) is 0 Å². The van der Waals surface area contributed by atoms with Gasteiger partial charge in [0.05, 0.1) is 18.1 Å². The molecule has 0 atom stereocenters. The third-order valence-corrected chi connectivity index (χ3v) is 3.11. The number of ether oxygens (including phenoxy) is 1. The zero-order valence-electron chi connectivity index (χ0n) is 8.64. The van der Waals surface area contributed by atoms with Gasteiger partial charge in [0.15, 0.2) is 0 Å². The second-order valence-electron chi connectivity index (χ2n) is 2.89. The normalized spacial score (nSPS) is 11.6. The van der Waals surface area contributed by atoms with Gasteiger partial charge >= 0.3 is 0 Å². The van der Waals surface area contributed by atoms with E-state index in [2.05, 4.69) is 0 Å². The molecule has 0 fully saturated rings. The molecule has 0 spiro atoms. The van der Waals surface area contributed by atoms with Gasteiger partial charge in [0.25, 0.3) is 10.0 Å². The Hall–Kier alpha value is -0.660. The highest BCUT2D eigenvalue weighted by Crippen LogP contribution is 2.14. The van der Waals surface area contributed by atoms with E-state index < -0.39 is 10.0 Å². The summed E-state index contributed by atoms with van der Waals surface area (Å²) in [7, 11) is -2.18. The number of sulfonamides is 1. The van der Waals surface area contributed by atoms with Crippen LogP contribution < -0.4 is 4.89 Å². The van der Waals surface area contributed by atoms with Gasteiger partial charge in [-0.05, 0) is 18.2 Å². The van der Waals surface area contributed by atoms with E-state index in [0.717, 1.165) is 0 Å². The molecule has 0 aliphatic carbocycles. The zero-order chi connectivity index (χ0) is 12.0. The van der Waals surface area contributed by atoms with Crippen LogP contribution in [-0.4, -0.2) is 28.7 Å². The van der Waals surface area contributed by atoms with Crippen molar-refractivity contribution >= 4 is 21.6 Å². The topological polar surface area (TPSA) is 64.6 Å². The summed E-state index contributed by atoms with van der Waals surface area (Å²) in [6.45, 7) is 0.439. The van der Waals surface area contributed by atoms with Crippen molar-refractivity contribution in [2.24, 2.45) is 0 Å². The minimum Gasteiger partial charge on any atom is -0.382 e. The van der Waals surface area contributed by atoms with Crippen molar-refractivity contribution in [1.82, 2.24) is 4.89 Å². The average Bonchev–Trinajstić information content (AvgIpc) is 2.24. The molecule has 0 amide bonds. The predicted octanol–water partition coefficient (Wildman–Crippen LogP) is 1.20. The molecule has 0 radical (unpaired) electrons. The molecule has 0 saturated carbocycles. The van der Waals surface area contributed by atoms with E-state index in [4.69, 9.17) is 21.2 Å². The fourth-order valence-corrected chi connectivity index (χ4v) is 2.06. The smallest absolute Gasteiger partial charge is 0.262 e. The molecule has 90 valence electrons. The maximum absolute atomic E-state index is 11.6. The van der Waals surface area contributed by atoms with Gasteiger partial charge in [-0.3, -0.25) is 4.84 Å². The summed E-state index contributed by atoms with van der Waals surface area (Å²) in [5.74, 6) is 0. The van der Waals surface area contributed by atoms with Gasteiger partial charge in [-0.1, -0.05) is 22.6 Å². The Morgan fingerprint density at radius 2 is 2.12 bits per heavy atom. The Bertz CT molecular complexity index is 435. The van der Waals surface area contributed by atoms with Gasteiger partial charge in [0.1, 0.15) is 0 Å². The summed E-state index contributed by atoms with van der Waals surface area (Å²) in [5, 5.41) is 0.347. The van der Waals surface area contributed by atoms with E-state index in [-0.39, 0.29) is 11.5 Å². The molecule has 0 unspecified atom stereocenters. The number of rotatable bonds is 6. The number of nitrogens with one attached hydrogen (secondary N) is 1. The van der Waals surface area contributed by atoms with Crippen molar-refractivity contribution in [1.29, 1.82) is 0 Å². The summed E-state index contributed by atoms with van der Waals surface area (Å²) in [6.07, 6.45) is 0. The van der Waals surface area contributed by atoms with Gasteiger partial charge in [-0.15, -0.1) is 0 Å². The lowest BCUT2D eigenvalue weighted by Crippen LogP contribution is -2.25. The van der Waals surface area contributed by atoms with Crippen LogP contribution in [0.4, 0.5) is 0 Å². The first-order valence-electron chi connectivity index (χ1n) is 4.44. The molecular formula is C9H12ClNO4S. The SMILES string of the molecule is COCCONS(=O)(=O)c1cccc(Cl)c1. The Balaban J connectivity index is 2.64. The maximum atomic E-state index is 11.6. The number of methoxy groups -OCH3 is 1. The van der Waals surface area contributed by atoms with E-state index in [1.54, 1.807) is 12.1 Å². The Morgan fingerprint density at radius 3 is 2.75 bits per heavy atom. The van der Waals surface area contributed by atoms with Crippen LogP contribution in [0.15, 0.2) is 29.2 Å². The molecule has 0 aromatic heterocycles. The van der Waals surface area contributed by atoms with E-state index in [1.807, 2.05) is 4.89 Å². The van der Waals surface area contributed by atoms with E-state index >= 15 is 0 Å². The van der Waals surface area contributed by atoms with Gasteiger partial charge < -0.3 is 4.74 Å². The summed E-state index contributed by atoms with van der Waals surface area (Å²) >= 11 is 5.68. The Morgan fingerprint density at radius 1 is 1.38 bits per heavy atom. The van der Waals surface area contributed by atoms with Crippen LogP contribution in [0.3, 0.4) is 0 Å². The van der Waals surface area contributed by atoms with Crippen LogP contribution in [0, 0.1) is 0 Å². The molecule has 0 saturated heterocycles. The minimum absolute atomic E-state index is 0.0532. The number of hydrogen-bond donors (Lipinski definition) is 1. The lowest BCUT2D eigenvalue weighted by Gasteiger charge is -2.06. The molecule has 0 heterocycles. The van der Waals surface area contributed by atoms with Crippen molar-refractivity contribution in [2.75, 3.05) is 20.3 Å². The summed E-state index contributed by atoms with van der Waals surface area (Å²) < 4.78 is 27.9. The average molecular weight is 266 g/mol. The minimum atomic E-state index is -3.68. The second kappa shape index (κ2) is 6.17. The molecule has 16 heavy (non-hydrogen) atoms. The summed E-state index contributed by atoms with van der Waals surface area (Å²) in [4.78, 5) is 6.75. The predicted molar refractivity (Wildman–Crippen MR) is 59.6 cm³/mol. The quantitative estimate of drug-likeness (QED) is 0.620. The van der Waals surface area contributed by atoms with Gasteiger partial charge in [0, 0.05) is 12.1 Å². The zero-order valence-corrected chi connectivity index (χ0v) is 10.2. The molecule has 7 heteroatoms. The Kier molecular flexibility index (Phi) is 5.17. The molecule has 1 rings (SSSR count). The lowest BCUT2D eigenvalue weighted by molar-refractivity contribution is 0.0438. The molecule has 0 aliphatic heterocycles. The van der Waals surface area contributed by atoms with Crippen LogP contribution >= 0.6 is 11.6 Å².